The first-order chi connectivity index (χ1) is 11.6. The van der Waals surface area contributed by atoms with Crippen LogP contribution in [0.3, 0.4) is 0 Å². The first kappa shape index (κ1) is 16.0. The van der Waals surface area contributed by atoms with Crippen LogP contribution in [0.1, 0.15) is 5.56 Å². The maximum atomic E-state index is 10.9. The zero-order valence-corrected chi connectivity index (χ0v) is 13.5. The summed E-state index contributed by atoms with van der Waals surface area (Å²) in [5.41, 5.74) is 0.884. The molecule has 3 aromatic rings. The molecule has 0 bridgehead atoms. The van der Waals surface area contributed by atoms with Crippen LogP contribution in [0, 0.1) is 14.9 Å². The predicted molar refractivity (Wildman–Crippen MR) is 91.7 cm³/mol. The molecule has 0 spiro atoms. The average molecular weight is 361 g/mol. The van der Waals surface area contributed by atoms with E-state index in [9.17, 15) is 10.1 Å². The fraction of sp³-hybridized carbons (Fsp3) is 0. The Morgan fingerprint density at radius 1 is 1.38 bits per heavy atom. The Kier molecular flexibility index (Phi) is 4.45. The van der Waals surface area contributed by atoms with Gasteiger partial charge in [-0.2, -0.15) is 14.9 Å². The quantitative estimate of drug-likeness (QED) is 0.332. The molecular weight excluding hydrogens is 352 g/mol. The number of nitro groups is 1. The third-order valence-corrected chi connectivity index (χ3v) is 3.66. The third-order valence-electron chi connectivity index (χ3n) is 3.05. The summed E-state index contributed by atoms with van der Waals surface area (Å²) in [4.78, 5) is 14.6. The van der Waals surface area contributed by atoms with Crippen molar-refractivity contribution in [2.45, 2.75) is 0 Å². The number of nitro benzene ring substituents is 1. The molecule has 0 saturated heterocycles. The van der Waals surface area contributed by atoms with Crippen LogP contribution in [-0.2, 0) is 0 Å². The van der Waals surface area contributed by atoms with Crippen molar-refractivity contribution in [1.82, 2.24) is 19.9 Å². The molecule has 2 aromatic heterocycles. The second-order valence-electron chi connectivity index (χ2n) is 4.59. The lowest BCUT2D eigenvalue weighted by Crippen LogP contribution is -1.97. The minimum atomic E-state index is -0.503. The summed E-state index contributed by atoms with van der Waals surface area (Å²) in [5, 5.41) is 22.1. The number of hydrogen-bond acceptors (Lipinski definition) is 6. The van der Waals surface area contributed by atoms with Crippen LogP contribution in [-0.4, -0.2) is 31.0 Å². The molecule has 0 radical (unpaired) electrons. The van der Waals surface area contributed by atoms with Gasteiger partial charge < -0.3 is 0 Å². The second-order valence-corrected chi connectivity index (χ2v) is 5.38. The van der Waals surface area contributed by atoms with Crippen molar-refractivity contribution < 1.29 is 4.92 Å². The van der Waals surface area contributed by atoms with E-state index in [1.807, 2.05) is 6.07 Å². The standard InChI is InChI=1S/C14H9ClN6O2S/c15-11-5-4-10(21(22)23)7-9(11)8-17-20-13(18-19-14(20)24)12-3-1-2-6-16-12/h1-8H,(H,19,24). The predicted octanol–water partition coefficient (Wildman–Crippen LogP) is 3.45. The van der Waals surface area contributed by atoms with E-state index in [1.165, 1.54) is 29.1 Å². The summed E-state index contributed by atoms with van der Waals surface area (Å²) >= 11 is 11.2. The van der Waals surface area contributed by atoms with Crippen molar-refractivity contribution in [1.29, 1.82) is 0 Å². The number of non-ortho nitro benzene ring substituents is 1. The van der Waals surface area contributed by atoms with Crippen molar-refractivity contribution in [3.05, 3.63) is 68.1 Å². The molecule has 0 amide bonds. The molecule has 2 heterocycles. The Balaban J connectivity index is 2.02. The van der Waals surface area contributed by atoms with Crippen molar-refractivity contribution in [3.63, 3.8) is 0 Å². The number of pyridine rings is 1. The molecule has 1 aromatic carbocycles. The van der Waals surface area contributed by atoms with Gasteiger partial charge in [-0.3, -0.25) is 15.1 Å². The highest BCUT2D eigenvalue weighted by molar-refractivity contribution is 7.71. The molecule has 3 rings (SSSR count). The molecule has 0 aliphatic carbocycles. The summed E-state index contributed by atoms with van der Waals surface area (Å²) in [6.07, 6.45) is 3.01. The monoisotopic (exact) mass is 360 g/mol. The molecule has 1 N–H and O–H groups in total. The topological polar surface area (TPSA) is 102 Å². The Morgan fingerprint density at radius 2 is 2.21 bits per heavy atom. The third kappa shape index (κ3) is 3.21. The summed E-state index contributed by atoms with van der Waals surface area (Å²) in [7, 11) is 0. The summed E-state index contributed by atoms with van der Waals surface area (Å²) in [5.74, 6) is 0.415. The van der Waals surface area contributed by atoms with Crippen LogP contribution in [0.5, 0.6) is 0 Å². The maximum Gasteiger partial charge on any atom is 0.270 e. The summed E-state index contributed by atoms with van der Waals surface area (Å²) < 4.78 is 1.63. The maximum absolute atomic E-state index is 10.9. The zero-order valence-electron chi connectivity index (χ0n) is 12.0. The molecule has 0 atom stereocenters. The van der Waals surface area contributed by atoms with Gasteiger partial charge in [0.15, 0.2) is 0 Å². The van der Waals surface area contributed by atoms with Gasteiger partial charge in [0, 0.05) is 28.9 Å². The van der Waals surface area contributed by atoms with Gasteiger partial charge in [-0.15, -0.1) is 0 Å². The van der Waals surface area contributed by atoms with Crippen LogP contribution in [0.2, 0.25) is 5.02 Å². The lowest BCUT2D eigenvalue weighted by Gasteiger charge is -2.01. The van der Waals surface area contributed by atoms with Gasteiger partial charge in [0.05, 0.1) is 11.1 Å². The highest BCUT2D eigenvalue weighted by Gasteiger charge is 2.11. The molecule has 120 valence electrons. The number of aromatic nitrogens is 4. The lowest BCUT2D eigenvalue weighted by atomic mass is 10.2. The molecule has 0 fully saturated rings. The van der Waals surface area contributed by atoms with E-state index in [4.69, 9.17) is 23.8 Å². The van der Waals surface area contributed by atoms with E-state index in [2.05, 4.69) is 20.3 Å². The molecular formula is C14H9ClN6O2S. The van der Waals surface area contributed by atoms with E-state index in [0.29, 0.717) is 22.1 Å². The highest BCUT2D eigenvalue weighted by atomic mass is 35.5. The molecule has 0 aliphatic heterocycles. The number of rotatable bonds is 4. The normalized spacial score (nSPS) is 11.0. The molecule has 8 nitrogen and oxygen atoms in total. The molecule has 10 heteroatoms. The Labute approximate surface area is 145 Å². The number of nitrogens with zero attached hydrogens (tertiary/aromatic N) is 5. The van der Waals surface area contributed by atoms with Gasteiger partial charge in [-0.05, 0) is 30.4 Å². The minimum Gasteiger partial charge on any atom is -0.258 e. The van der Waals surface area contributed by atoms with Gasteiger partial charge in [-0.1, -0.05) is 17.7 Å². The van der Waals surface area contributed by atoms with Crippen LogP contribution >= 0.6 is 23.8 Å². The number of benzene rings is 1. The van der Waals surface area contributed by atoms with Gasteiger partial charge in [0.2, 0.25) is 10.6 Å². The average Bonchev–Trinajstić information content (AvgIpc) is 2.95. The lowest BCUT2D eigenvalue weighted by molar-refractivity contribution is -0.384. The number of nitrogens with one attached hydrogen (secondary N) is 1. The number of H-pyrrole nitrogens is 1. The summed E-state index contributed by atoms with van der Waals surface area (Å²) in [6.45, 7) is 0. The number of hydrogen-bond donors (Lipinski definition) is 1. The van der Waals surface area contributed by atoms with E-state index in [1.54, 1.807) is 18.3 Å². The van der Waals surface area contributed by atoms with Crippen LogP contribution < -0.4 is 0 Å². The van der Waals surface area contributed by atoms with E-state index in [-0.39, 0.29) is 10.5 Å². The van der Waals surface area contributed by atoms with E-state index < -0.39 is 4.92 Å². The fourth-order valence-electron chi connectivity index (χ4n) is 1.92. The van der Waals surface area contributed by atoms with Gasteiger partial charge in [0.1, 0.15) is 5.69 Å². The Morgan fingerprint density at radius 3 is 2.92 bits per heavy atom. The van der Waals surface area contributed by atoms with Crippen molar-refractivity contribution in [3.8, 4) is 11.5 Å². The number of aromatic amines is 1. The van der Waals surface area contributed by atoms with Gasteiger partial charge in [0.25, 0.3) is 5.69 Å². The van der Waals surface area contributed by atoms with Crippen molar-refractivity contribution in [2.75, 3.05) is 0 Å². The zero-order chi connectivity index (χ0) is 17.1. The largest absolute Gasteiger partial charge is 0.270 e. The van der Waals surface area contributed by atoms with Crippen LogP contribution in [0.25, 0.3) is 11.5 Å². The van der Waals surface area contributed by atoms with E-state index in [0.717, 1.165) is 0 Å². The Bertz CT molecular complexity index is 982. The molecule has 24 heavy (non-hydrogen) atoms. The van der Waals surface area contributed by atoms with Gasteiger partial charge >= 0.3 is 0 Å². The van der Waals surface area contributed by atoms with Crippen LogP contribution in [0.15, 0.2) is 47.7 Å². The first-order valence-electron chi connectivity index (χ1n) is 6.63. The molecule has 0 saturated carbocycles. The number of halogens is 1. The van der Waals surface area contributed by atoms with Crippen molar-refractivity contribution in [2.24, 2.45) is 5.10 Å². The SMILES string of the molecule is O=[N+]([O-])c1ccc(Cl)c(C=Nn2c(-c3ccccn3)n[nH]c2=S)c1. The fourth-order valence-corrected chi connectivity index (χ4v) is 2.27. The smallest absolute Gasteiger partial charge is 0.258 e. The van der Waals surface area contributed by atoms with Gasteiger partial charge in [-0.25, -0.2) is 5.10 Å². The molecule has 0 unspecified atom stereocenters. The highest BCUT2D eigenvalue weighted by Crippen LogP contribution is 2.21. The first-order valence-corrected chi connectivity index (χ1v) is 7.42. The minimum absolute atomic E-state index is 0.0819. The Hall–Kier alpha value is -2.91. The van der Waals surface area contributed by atoms with Crippen LogP contribution in [0.4, 0.5) is 5.69 Å². The summed E-state index contributed by atoms with van der Waals surface area (Å²) in [6, 6.07) is 9.44. The van der Waals surface area contributed by atoms with Crippen molar-refractivity contribution >= 4 is 35.7 Å². The molecule has 0 aliphatic rings. The van der Waals surface area contributed by atoms with E-state index >= 15 is 0 Å². The second kappa shape index (κ2) is 6.69.